The van der Waals surface area contributed by atoms with Gasteiger partial charge in [0.1, 0.15) is 13.2 Å². The van der Waals surface area contributed by atoms with E-state index in [1.807, 2.05) is 27.2 Å². The lowest BCUT2D eigenvalue weighted by Gasteiger charge is -2.29. The molecule has 0 aliphatic rings. The van der Waals surface area contributed by atoms with E-state index in [2.05, 4.69) is 31.3 Å². The molecule has 3 unspecified atom stereocenters. The maximum absolute atomic E-state index is 13.0. The molecule has 71 heavy (non-hydrogen) atoms. The molecule has 422 valence electrons. The van der Waals surface area contributed by atoms with Gasteiger partial charge in [-0.2, -0.15) is 0 Å². The average Bonchev–Trinajstić information content (AvgIpc) is 3.33. The van der Waals surface area contributed by atoms with Gasteiger partial charge in [0.2, 0.25) is 5.91 Å². The number of phosphoric acid groups is 1. The fourth-order valence-corrected chi connectivity index (χ4v) is 10.2. The molecule has 0 bridgehead atoms. The minimum Gasteiger partial charge on any atom is -0.756 e. The standard InChI is InChI=1S/C62H123N2O6P/c1-6-8-10-12-14-16-18-20-22-24-26-27-28-29-30-31-32-33-34-35-36-37-38-39-41-43-45-47-49-51-53-55-61(65)60(59-70-71(67,68)69-58-57-64(3,4)5)63-62(66)56-54-52-50-48-46-44-42-40-25-23-21-19-17-15-13-11-9-7-2/h45,47,53,55,60-61,65H,6-44,46,48-52,54,56-59H2,1-5H3,(H-,63,66,67,68)/b47-45+,55-53+. The van der Waals surface area contributed by atoms with Crippen LogP contribution in [0.15, 0.2) is 24.3 Å². The van der Waals surface area contributed by atoms with Crippen LogP contribution in [-0.4, -0.2) is 68.5 Å². The number of carbonyl (C=O) groups excluding carboxylic acids is 1. The number of likely N-dealkylation sites (N-methyl/N-ethyl adjacent to an activating group) is 1. The molecular weight excluding hydrogens is 900 g/mol. The number of quaternary nitrogens is 1. The van der Waals surface area contributed by atoms with E-state index in [1.165, 1.54) is 257 Å². The Labute approximate surface area is 443 Å². The first-order chi connectivity index (χ1) is 34.5. The number of aliphatic hydroxyl groups excluding tert-OH is 1. The minimum atomic E-state index is -4.60. The molecule has 0 spiro atoms. The van der Waals surface area contributed by atoms with Crippen LogP contribution in [0.2, 0.25) is 0 Å². The Bertz CT molecular complexity index is 1210. The summed E-state index contributed by atoms with van der Waals surface area (Å²) in [6, 6.07) is -0.900. The number of phosphoric ester groups is 1. The number of hydrogen-bond donors (Lipinski definition) is 2. The van der Waals surface area contributed by atoms with Gasteiger partial charge in [-0.25, -0.2) is 0 Å². The second-order valence-corrected chi connectivity index (χ2v) is 24.2. The number of allylic oxidation sites excluding steroid dienone is 3. The van der Waals surface area contributed by atoms with Crippen molar-refractivity contribution >= 4 is 13.7 Å². The smallest absolute Gasteiger partial charge is 0.268 e. The second-order valence-electron chi connectivity index (χ2n) is 22.8. The second kappa shape index (κ2) is 53.8. The van der Waals surface area contributed by atoms with Gasteiger partial charge < -0.3 is 28.8 Å². The third kappa shape index (κ3) is 56.5. The monoisotopic (exact) mass is 1020 g/mol. The summed E-state index contributed by atoms with van der Waals surface area (Å²) in [4.78, 5) is 25.5. The molecule has 0 aromatic carbocycles. The first-order valence-electron chi connectivity index (χ1n) is 31.2. The molecule has 0 heterocycles. The lowest BCUT2D eigenvalue weighted by molar-refractivity contribution is -0.870. The lowest BCUT2D eigenvalue weighted by atomic mass is 10.0. The van der Waals surface area contributed by atoms with Crippen molar-refractivity contribution in [3.05, 3.63) is 24.3 Å². The number of carbonyl (C=O) groups is 1. The predicted molar refractivity (Wildman–Crippen MR) is 307 cm³/mol. The van der Waals surface area contributed by atoms with Gasteiger partial charge in [-0.1, -0.05) is 301 Å². The maximum Gasteiger partial charge on any atom is 0.268 e. The van der Waals surface area contributed by atoms with Crippen molar-refractivity contribution in [1.82, 2.24) is 5.32 Å². The summed E-state index contributed by atoms with van der Waals surface area (Å²) in [5.41, 5.74) is 0. The SMILES string of the molecule is CCCCCCCCCCCCCCCCCCCCCCCCCCC/C=C/CC/C=C/C(O)C(COP(=O)([O-])OCC[N+](C)(C)C)NC(=O)CCCCCCCCCCCCCCCCCCCC. The minimum absolute atomic E-state index is 0.00365. The number of rotatable bonds is 58. The van der Waals surface area contributed by atoms with Crippen LogP contribution in [-0.2, 0) is 18.4 Å². The van der Waals surface area contributed by atoms with Crippen LogP contribution in [0.3, 0.4) is 0 Å². The molecule has 1 amide bonds. The van der Waals surface area contributed by atoms with E-state index < -0.39 is 20.0 Å². The van der Waals surface area contributed by atoms with E-state index in [9.17, 15) is 19.4 Å². The summed E-state index contributed by atoms with van der Waals surface area (Å²) >= 11 is 0. The number of unbranched alkanes of at least 4 members (excludes halogenated alkanes) is 43. The van der Waals surface area contributed by atoms with Gasteiger partial charge in [-0.05, 0) is 32.1 Å². The molecule has 0 saturated heterocycles. The molecule has 2 N–H and O–H groups in total. The van der Waals surface area contributed by atoms with Crippen molar-refractivity contribution in [2.75, 3.05) is 40.9 Å². The van der Waals surface area contributed by atoms with Crippen molar-refractivity contribution in [3.63, 3.8) is 0 Å². The van der Waals surface area contributed by atoms with Crippen LogP contribution in [0.5, 0.6) is 0 Å². The Kier molecular flexibility index (Phi) is 53.0. The highest BCUT2D eigenvalue weighted by Crippen LogP contribution is 2.38. The van der Waals surface area contributed by atoms with E-state index >= 15 is 0 Å². The summed E-state index contributed by atoms with van der Waals surface area (Å²) in [7, 11) is 1.26. The fourth-order valence-electron chi connectivity index (χ4n) is 9.53. The van der Waals surface area contributed by atoms with Crippen LogP contribution in [0.1, 0.15) is 316 Å². The fraction of sp³-hybridized carbons (Fsp3) is 0.919. The Morgan fingerprint density at radius 1 is 0.479 bits per heavy atom. The molecule has 0 aromatic rings. The lowest BCUT2D eigenvalue weighted by Crippen LogP contribution is -2.45. The van der Waals surface area contributed by atoms with E-state index in [0.717, 1.165) is 38.5 Å². The largest absolute Gasteiger partial charge is 0.756 e. The Hall–Kier alpha value is -1.02. The van der Waals surface area contributed by atoms with Crippen LogP contribution < -0.4 is 10.2 Å². The van der Waals surface area contributed by atoms with Crippen LogP contribution in [0.25, 0.3) is 0 Å². The van der Waals surface area contributed by atoms with E-state index in [-0.39, 0.29) is 19.1 Å². The number of nitrogens with one attached hydrogen (secondary N) is 1. The Morgan fingerprint density at radius 2 is 0.789 bits per heavy atom. The first-order valence-corrected chi connectivity index (χ1v) is 32.7. The molecule has 3 atom stereocenters. The van der Waals surface area contributed by atoms with Crippen LogP contribution in [0.4, 0.5) is 0 Å². The highest BCUT2D eigenvalue weighted by molar-refractivity contribution is 7.45. The van der Waals surface area contributed by atoms with Crippen molar-refractivity contribution < 1.29 is 32.9 Å². The van der Waals surface area contributed by atoms with Crippen LogP contribution in [0, 0.1) is 0 Å². The molecule has 0 fully saturated rings. The Morgan fingerprint density at radius 3 is 1.14 bits per heavy atom. The zero-order valence-corrected chi connectivity index (χ0v) is 49.1. The van der Waals surface area contributed by atoms with E-state index in [0.29, 0.717) is 17.4 Å². The van der Waals surface area contributed by atoms with Crippen molar-refractivity contribution in [3.8, 4) is 0 Å². The third-order valence-electron chi connectivity index (χ3n) is 14.4. The zero-order valence-electron chi connectivity index (χ0n) is 48.2. The highest BCUT2D eigenvalue weighted by atomic mass is 31.2. The summed E-state index contributed by atoms with van der Waals surface area (Å²) in [6.45, 7) is 4.68. The van der Waals surface area contributed by atoms with Gasteiger partial charge in [0.15, 0.2) is 0 Å². The first kappa shape index (κ1) is 70.0. The van der Waals surface area contributed by atoms with Gasteiger partial charge in [0, 0.05) is 6.42 Å². The van der Waals surface area contributed by atoms with Gasteiger partial charge in [0.05, 0.1) is 39.9 Å². The van der Waals surface area contributed by atoms with Gasteiger partial charge >= 0.3 is 0 Å². The normalized spacial score (nSPS) is 14.0. The number of nitrogens with zero attached hydrogens (tertiary/aromatic N) is 1. The molecule has 0 saturated carbocycles. The average molecular weight is 1020 g/mol. The summed E-state index contributed by atoms with van der Waals surface area (Å²) in [6.07, 6.45) is 68.5. The molecule has 0 radical (unpaired) electrons. The molecule has 8 nitrogen and oxygen atoms in total. The Balaban J connectivity index is 4.12. The quantitative estimate of drug-likeness (QED) is 0.0272. The molecule has 0 aliphatic heterocycles. The zero-order chi connectivity index (χ0) is 52.0. The van der Waals surface area contributed by atoms with Gasteiger partial charge in [-0.15, -0.1) is 0 Å². The summed E-state index contributed by atoms with van der Waals surface area (Å²) < 4.78 is 23.4. The summed E-state index contributed by atoms with van der Waals surface area (Å²) in [5.74, 6) is -0.201. The van der Waals surface area contributed by atoms with Crippen molar-refractivity contribution in [2.24, 2.45) is 0 Å². The predicted octanol–water partition coefficient (Wildman–Crippen LogP) is 18.5. The molecule has 9 heteroatoms. The number of aliphatic hydroxyl groups is 1. The van der Waals surface area contributed by atoms with Gasteiger partial charge in [0.25, 0.3) is 7.82 Å². The highest BCUT2D eigenvalue weighted by Gasteiger charge is 2.23. The third-order valence-corrected chi connectivity index (χ3v) is 15.4. The van der Waals surface area contributed by atoms with Crippen LogP contribution >= 0.6 is 7.82 Å². The topological polar surface area (TPSA) is 108 Å². The van der Waals surface area contributed by atoms with Gasteiger partial charge in [-0.3, -0.25) is 9.36 Å². The molecular formula is C62H123N2O6P. The molecule has 0 aromatic heterocycles. The van der Waals surface area contributed by atoms with E-state index in [1.54, 1.807) is 6.08 Å². The molecule has 0 aliphatic carbocycles. The number of amides is 1. The molecule has 0 rings (SSSR count). The van der Waals surface area contributed by atoms with E-state index in [4.69, 9.17) is 9.05 Å². The van der Waals surface area contributed by atoms with Crippen molar-refractivity contribution in [1.29, 1.82) is 0 Å². The summed E-state index contributed by atoms with van der Waals surface area (Å²) in [5, 5.41) is 13.9. The van der Waals surface area contributed by atoms with Crippen molar-refractivity contribution in [2.45, 2.75) is 328 Å². The number of hydrogen-bond acceptors (Lipinski definition) is 6. The maximum atomic E-state index is 13.0.